The SMILES string of the molecule is [NH3+]C[C@@H](O)c1ccc2c(c1)OCCO2. The van der Waals surface area contributed by atoms with Crippen LogP contribution >= 0.6 is 0 Å². The summed E-state index contributed by atoms with van der Waals surface area (Å²) in [5.74, 6) is 1.46. The van der Waals surface area contributed by atoms with E-state index in [0.29, 0.717) is 25.5 Å². The smallest absolute Gasteiger partial charge is 0.161 e. The molecule has 0 fully saturated rings. The van der Waals surface area contributed by atoms with E-state index in [4.69, 9.17) is 9.47 Å². The van der Waals surface area contributed by atoms with Gasteiger partial charge in [0.05, 0.1) is 0 Å². The van der Waals surface area contributed by atoms with Gasteiger partial charge in [0.1, 0.15) is 25.9 Å². The highest BCUT2D eigenvalue weighted by Gasteiger charge is 2.14. The van der Waals surface area contributed by atoms with Crippen molar-refractivity contribution in [3.05, 3.63) is 23.8 Å². The highest BCUT2D eigenvalue weighted by atomic mass is 16.6. The van der Waals surface area contributed by atoms with Gasteiger partial charge in [-0.15, -0.1) is 0 Å². The van der Waals surface area contributed by atoms with Crippen molar-refractivity contribution in [2.24, 2.45) is 0 Å². The molecule has 0 saturated heterocycles. The van der Waals surface area contributed by atoms with Gasteiger partial charge in [0, 0.05) is 0 Å². The number of ether oxygens (including phenoxy) is 2. The number of benzene rings is 1. The van der Waals surface area contributed by atoms with Crippen LogP contribution in [0.4, 0.5) is 0 Å². The molecule has 0 spiro atoms. The highest BCUT2D eigenvalue weighted by molar-refractivity contribution is 5.44. The molecule has 0 amide bonds. The fourth-order valence-electron chi connectivity index (χ4n) is 1.43. The van der Waals surface area contributed by atoms with Gasteiger partial charge in [-0.1, -0.05) is 6.07 Å². The Morgan fingerprint density at radius 3 is 2.71 bits per heavy atom. The maximum absolute atomic E-state index is 9.57. The summed E-state index contributed by atoms with van der Waals surface area (Å²) in [6, 6.07) is 5.47. The van der Waals surface area contributed by atoms with Gasteiger partial charge in [-0.25, -0.2) is 0 Å². The topological polar surface area (TPSA) is 66.3 Å². The zero-order valence-corrected chi connectivity index (χ0v) is 7.90. The average molecular weight is 196 g/mol. The zero-order chi connectivity index (χ0) is 9.97. The lowest BCUT2D eigenvalue weighted by Gasteiger charge is -2.19. The van der Waals surface area contributed by atoms with Crippen LogP contribution in [0.5, 0.6) is 11.5 Å². The van der Waals surface area contributed by atoms with Crippen molar-refractivity contribution >= 4 is 0 Å². The second-order valence-electron chi connectivity index (χ2n) is 3.21. The van der Waals surface area contributed by atoms with E-state index >= 15 is 0 Å². The van der Waals surface area contributed by atoms with E-state index in [1.165, 1.54) is 0 Å². The first-order valence-electron chi connectivity index (χ1n) is 4.68. The standard InChI is InChI=1S/C10H13NO3/c11-6-8(12)7-1-2-9-10(5-7)14-4-3-13-9/h1-2,5,8,12H,3-4,6,11H2/p+1/t8-/m1/s1. The van der Waals surface area contributed by atoms with Gasteiger partial charge in [0.2, 0.25) is 0 Å². The van der Waals surface area contributed by atoms with Crippen LogP contribution in [0.25, 0.3) is 0 Å². The molecule has 0 bridgehead atoms. The lowest BCUT2D eigenvalue weighted by Crippen LogP contribution is -2.52. The van der Waals surface area contributed by atoms with E-state index in [0.717, 1.165) is 11.3 Å². The van der Waals surface area contributed by atoms with Crippen molar-refractivity contribution < 1.29 is 20.3 Å². The number of hydrogen-bond acceptors (Lipinski definition) is 3. The Bertz CT molecular complexity index is 327. The number of rotatable bonds is 2. The molecular weight excluding hydrogens is 182 g/mol. The number of fused-ring (bicyclic) bond motifs is 1. The van der Waals surface area contributed by atoms with Crippen LogP contribution in [0, 0.1) is 0 Å². The molecule has 1 aromatic carbocycles. The minimum Gasteiger partial charge on any atom is -0.486 e. The molecule has 1 atom stereocenters. The molecule has 0 aliphatic carbocycles. The molecule has 1 aliphatic rings. The summed E-state index contributed by atoms with van der Waals surface area (Å²) in [7, 11) is 0. The van der Waals surface area contributed by atoms with Gasteiger partial charge in [0.25, 0.3) is 0 Å². The molecule has 14 heavy (non-hydrogen) atoms. The first-order chi connectivity index (χ1) is 6.81. The molecule has 0 radical (unpaired) electrons. The first-order valence-corrected chi connectivity index (χ1v) is 4.68. The minimum absolute atomic E-state index is 0.458. The summed E-state index contributed by atoms with van der Waals surface area (Å²) in [6.07, 6.45) is -0.522. The normalized spacial score (nSPS) is 16.4. The summed E-state index contributed by atoms with van der Waals surface area (Å²) < 4.78 is 10.8. The fraction of sp³-hybridized carbons (Fsp3) is 0.400. The third kappa shape index (κ3) is 1.66. The molecule has 4 heteroatoms. The minimum atomic E-state index is -0.522. The molecule has 0 unspecified atom stereocenters. The third-order valence-electron chi connectivity index (χ3n) is 2.22. The number of aliphatic hydroxyl groups excluding tert-OH is 1. The van der Waals surface area contributed by atoms with Crippen molar-refractivity contribution in [1.82, 2.24) is 0 Å². The summed E-state index contributed by atoms with van der Waals surface area (Å²) >= 11 is 0. The molecule has 1 aliphatic heterocycles. The molecule has 0 aromatic heterocycles. The molecule has 4 nitrogen and oxygen atoms in total. The average Bonchev–Trinajstić information content (AvgIpc) is 2.27. The Balaban J connectivity index is 2.29. The fourth-order valence-corrected chi connectivity index (χ4v) is 1.43. The van der Waals surface area contributed by atoms with Crippen molar-refractivity contribution in [3.8, 4) is 11.5 Å². The van der Waals surface area contributed by atoms with E-state index in [1.807, 2.05) is 18.2 Å². The van der Waals surface area contributed by atoms with Crippen LogP contribution in [-0.2, 0) is 0 Å². The second-order valence-corrected chi connectivity index (χ2v) is 3.21. The molecule has 2 rings (SSSR count). The van der Waals surface area contributed by atoms with Crippen molar-refractivity contribution in [2.75, 3.05) is 19.8 Å². The Kier molecular flexibility index (Phi) is 2.56. The highest BCUT2D eigenvalue weighted by Crippen LogP contribution is 2.32. The van der Waals surface area contributed by atoms with Gasteiger partial charge >= 0.3 is 0 Å². The van der Waals surface area contributed by atoms with Crippen molar-refractivity contribution in [3.63, 3.8) is 0 Å². The van der Waals surface area contributed by atoms with E-state index in [9.17, 15) is 5.11 Å². The van der Waals surface area contributed by atoms with E-state index in [2.05, 4.69) is 5.73 Å². The van der Waals surface area contributed by atoms with Gasteiger partial charge in [-0.05, 0) is 17.7 Å². The van der Waals surface area contributed by atoms with Gasteiger partial charge < -0.3 is 20.3 Å². The lowest BCUT2D eigenvalue weighted by molar-refractivity contribution is -0.385. The van der Waals surface area contributed by atoms with Crippen LogP contribution in [-0.4, -0.2) is 24.9 Å². The summed E-state index contributed by atoms with van der Waals surface area (Å²) in [5, 5.41) is 9.57. The van der Waals surface area contributed by atoms with E-state index in [1.54, 1.807) is 0 Å². The monoisotopic (exact) mass is 196 g/mol. The van der Waals surface area contributed by atoms with Crippen LogP contribution in [0.1, 0.15) is 11.7 Å². The molecule has 0 saturated carbocycles. The molecule has 4 N–H and O–H groups in total. The number of aliphatic hydroxyl groups is 1. The maximum Gasteiger partial charge on any atom is 0.161 e. The van der Waals surface area contributed by atoms with E-state index < -0.39 is 6.10 Å². The molecule has 1 heterocycles. The van der Waals surface area contributed by atoms with Crippen LogP contribution in [0.3, 0.4) is 0 Å². The number of hydrogen-bond donors (Lipinski definition) is 2. The molecular formula is C10H14NO3+. The zero-order valence-electron chi connectivity index (χ0n) is 7.90. The summed E-state index contributed by atoms with van der Waals surface area (Å²) in [4.78, 5) is 0. The van der Waals surface area contributed by atoms with Gasteiger partial charge in [-0.3, -0.25) is 0 Å². The quantitative estimate of drug-likeness (QED) is 0.684. The maximum atomic E-state index is 9.57. The Morgan fingerprint density at radius 1 is 1.29 bits per heavy atom. The molecule has 1 aromatic rings. The Hall–Kier alpha value is -1.26. The largest absolute Gasteiger partial charge is 0.486 e. The van der Waals surface area contributed by atoms with Crippen molar-refractivity contribution in [1.29, 1.82) is 0 Å². The lowest BCUT2D eigenvalue weighted by atomic mass is 10.1. The Labute approximate surface area is 82.2 Å². The second kappa shape index (κ2) is 3.86. The molecule has 76 valence electrons. The van der Waals surface area contributed by atoms with Crippen LogP contribution in [0.15, 0.2) is 18.2 Å². The van der Waals surface area contributed by atoms with Gasteiger partial charge in [0.15, 0.2) is 11.5 Å². The van der Waals surface area contributed by atoms with Crippen molar-refractivity contribution in [2.45, 2.75) is 6.10 Å². The Morgan fingerprint density at radius 2 is 2.00 bits per heavy atom. The number of quaternary nitrogens is 1. The summed E-state index contributed by atoms with van der Waals surface area (Å²) in [6.45, 7) is 1.61. The van der Waals surface area contributed by atoms with Gasteiger partial charge in [-0.2, -0.15) is 0 Å². The predicted octanol–water partition coefficient (Wildman–Crippen LogP) is -0.267. The third-order valence-corrected chi connectivity index (χ3v) is 2.22. The van der Waals surface area contributed by atoms with Crippen LogP contribution in [0.2, 0.25) is 0 Å². The predicted molar refractivity (Wildman–Crippen MR) is 50.1 cm³/mol. The summed E-state index contributed by atoms with van der Waals surface area (Å²) in [5.41, 5.74) is 4.48. The van der Waals surface area contributed by atoms with Crippen LogP contribution < -0.4 is 15.2 Å². The first kappa shape index (κ1) is 9.30. The van der Waals surface area contributed by atoms with E-state index in [-0.39, 0.29) is 0 Å².